The van der Waals surface area contributed by atoms with Gasteiger partial charge in [-0.25, -0.2) is 14.4 Å². The van der Waals surface area contributed by atoms with Crippen molar-refractivity contribution in [2.75, 3.05) is 31.1 Å². The Kier molecular flexibility index (Phi) is 7.47. The molecule has 1 amide bonds. The number of nitrogens with zero attached hydrogens (tertiary/aromatic N) is 4. The molecular weight excluding hydrogens is 487 g/mol. The maximum atomic E-state index is 13.3. The largest absolute Gasteiger partial charge is 0.353 e. The first-order valence-corrected chi connectivity index (χ1v) is 12.9. The van der Waals surface area contributed by atoms with E-state index in [-0.39, 0.29) is 11.7 Å². The number of amides is 1. The van der Waals surface area contributed by atoms with Gasteiger partial charge in [-0.15, -0.1) is 0 Å². The first-order chi connectivity index (χ1) is 18.0. The number of carbonyl (C=O) groups excluding carboxylic acids is 1. The summed E-state index contributed by atoms with van der Waals surface area (Å²) in [6.45, 7) is 4.51. The molecule has 5 rings (SSSR count). The Labute approximate surface area is 221 Å². The SMILES string of the molecule is CCc1nc(-c2ccccc2)nc(N2CCN(C(=O)c3ccc(F)cc3)CC2)c1Cc1cccc(Cl)c1. The minimum Gasteiger partial charge on any atom is -0.353 e. The summed E-state index contributed by atoms with van der Waals surface area (Å²) in [4.78, 5) is 27.1. The van der Waals surface area contributed by atoms with Crippen LogP contribution in [0.4, 0.5) is 10.2 Å². The summed E-state index contributed by atoms with van der Waals surface area (Å²) in [6.07, 6.45) is 1.44. The molecule has 0 bridgehead atoms. The van der Waals surface area contributed by atoms with E-state index in [1.807, 2.05) is 53.4 Å². The van der Waals surface area contributed by atoms with Crippen LogP contribution in [-0.2, 0) is 12.8 Å². The van der Waals surface area contributed by atoms with E-state index in [4.69, 9.17) is 21.6 Å². The van der Waals surface area contributed by atoms with E-state index in [1.165, 1.54) is 24.3 Å². The molecule has 37 heavy (non-hydrogen) atoms. The third kappa shape index (κ3) is 5.65. The molecule has 7 heteroatoms. The van der Waals surface area contributed by atoms with Gasteiger partial charge in [0.15, 0.2) is 5.82 Å². The molecule has 0 N–H and O–H groups in total. The van der Waals surface area contributed by atoms with Gasteiger partial charge in [-0.1, -0.05) is 61.0 Å². The molecule has 0 radical (unpaired) electrons. The molecule has 188 valence electrons. The van der Waals surface area contributed by atoms with Crippen molar-refractivity contribution in [1.82, 2.24) is 14.9 Å². The van der Waals surface area contributed by atoms with Crippen molar-refractivity contribution in [1.29, 1.82) is 0 Å². The predicted octanol–water partition coefficient (Wildman–Crippen LogP) is 6.05. The van der Waals surface area contributed by atoms with Crippen LogP contribution in [0.2, 0.25) is 5.02 Å². The fraction of sp³-hybridized carbons (Fsp3) is 0.233. The molecular formula is C30H28ClFN4O. The second-order valence-electron chi connectivity index (χ2n) is 9.11. The second-order valence-corrected chi connectivity index (χ2v) is 9.54. The molecule has 4 aromatic rings. The van der Waals surface area contributed by atoms with Crippen LogP contribution in [0, 0.1) is 5.82 Å². The highest BCUT2D eigenvalue weighted by molar-refractivity contribution is 6.30. The van der Waals surface area contributed by atoms with Gasteiger partial charge in [-0.2, -0.15) is 0 Å². The minimum absolute atomic E-state index is 0.0827. The van der Waals surface area contributed by atoms with Crippen molar-refractivity contribution >= 4 is 23.3 Å². The zero-order chi connectivity index (χ0) is 25.8. The highest BCUT2D eigenvalue weighted by Gasteiger charge is 2.26. The molecule has 1 aliphatic heterocycles. The fourth-order valence-corrected chi connectivity index (χ4v) is 4.93. The maximum absolute atomic E-state index is 13.3. The zero-order valence-corrected chi connectivity index (χ0v) is 21.5. The Morgan fingerprint density at radius 1 is 0.919 bits per heavy atom. The summed E-state index contributed by atoms with van der Waals surface area (Å²) in [5.41, 5.74) is 4.66. The third-order valence-electron chi connectivity index (χ3n) is 6.67. The fourth-order valence-electron chi connectivity index (χ4n) is 4.72. The number of hydrogen-bond acceptors (Lipinski definition) is 4. The van der Waals surface area contributed by atoms with Crippen LogP contribution in [0.25, 0.3) is 11.4 Å². The molecule has 1 aliphatic rings. The van der Waals surface area contributed by atoms with Crippen molar-refractivity contribution in [3.63, 3.8) is 0 Å². The summed E-state index contributed by atoms with van der Waals surface area (Å²) in [6, 6.07) is 23.6. The van der Waals surface area contributed by atoms with Crippen molar-refractivity contribution in [3.05, 3.63) is 112 Å². The smallest absolute Gasteiger partial charge is 0.253 e. The molecule has 0 unspecified atom stereocenters. The summed E-state index contributed by atoms with van der Waals surface area (Å²) < 4.78 is 13.3. The normalized spacial score (nSPS) is 13.6. The number of hydrogen-bond donors (Lipinski definition) is 0. The number of aryl methyl sites for hydroxylation is 1. The number of rotatable bonds is 6. The quantitative estimate of drug-likeness (QED) is 0.314. The number of anilines is 1. The summed E-state index contributed by atoms with van der Waals surface area (Å²) >= 11 is 6.28. The molecule has 5 nitrogen and oxygen atoms in total. The summed E-state index contributed by atoms with van der Waals surface area (Å²) in [5.74, 6) is 1.17. The number of aromatic nitrogens is 2. The van der Waals surface area contributed by atoms with E-state index in [0.29, 0.717) is 49.0 Å². The van der Waals surface area contributed by atoms with Crippen LogP contribution in [0.1, 0.15) is 34.1 Å². The average molecular weight is 515 g/mol. The van der Waals surface area contributed by atoms with E-state index in [1.54, 1.807) is 0 Å². The van der Waals surface area contributed by atoms with E-state index < -0.39 is 0 Å². The number of benzene rings is 3. The highest BCUT2D eigenvalue weighted by atomic mass is 35.5. The number of carbonyl (C=O) groups is 1. The first-order valence-electron chi connectivity index (χ1n) is 12.5. The molecule has 2 heterocycles. The van der Waals surface area contributed by atoms with E-state index in [9.17, 15) is 9.18 Å². The lowest BCUT2D eigenvalue weighted by Crippen LogP contribution is -2.49. The van der Waals surface area contributed by atoms with Crippen LogP contribution in [0.3, 0.4) is 0 Å². The molecule has 0 atom stereocenters. The van der Waals surface area contributed by atoms with Gasteiger partial charge in [-0.3, -0.25) is 4.79 Å². The van der Waals surface area contributed by atoms with Crippen LogP contribution in [0.15, 0.2) is 78.9 Å². The maximum Gasteiger partial charge on any atom is 0.253 e. The lowest BCUT2D eigenvalue weighted by Gasteiger charge is -2.36. The number of piperazine rings is 1. The summed E-state index contributed by atoms with van der Waals surface area (Å²) in [7, 11) is 0. The minimum atomic E-state index is -0.349. The topological polar surface area (TPSA) is 49.3 Å². The lowest BCUT2D eigenvalue weighted by molar-refractivity contribution is 0.0746. The molecule has 0 saturated carbocycles. The predicted molar refractivity (Wildman–Crippen MR) is 146 cm³/mol. The number of halogens is 2. The van der Waals surface area contributed by atoms with E-state index in [0.717, 1.165) is 34.6 Å². The molecule has 0 aliphatic carbocycles. The van der Waals surface area contributed by atoms with Crippen molar-refractivity contribution in [2.45, 2.75) is 19.8 Å². The highest BCUT2D eigenvalue weighted by Crippen LogP contribution is 2.29. The Morgan fingerprint density at radius 2 is 1.65 bits per heavy atom. The average Bonchev–Trinajstić information content (AvgIpc) is 2.94. The lowest BCUT2D eigenvalue weighted by atomic mass is 10.0. The van der Waals surface area contributed by atoms with Gasteiger partial charge in [0, 0.05) is 60.0 Å². The first kappa shape index (κ1) is 24.9. The summed E-state index contributed by atoms with van der Waals surface area (Å²) in [5, 5.41) is 0.701. The van der Waals surface area contributed by atoms with E-state index in [2.05, 4.69) is 17.9 Å². The Bertz CT molecular complexity index is 1390. The van der Waals surface area contributed by atoms with Gasteiger partial charge in [0.2, 0.25) is 0 Å². The monoisotopic (exact) mass is 514 g/mol. The van der Waals surface area contributed by atoms with Gasteiger partial charge in [0.05, 0.1) is 0 Å². The molecule has 1 fully saturated rings. The van der Waals surface area contributed by atoms with Crippen LogP contribution in [-0.4, -0.2) is 47.0 Å². The molecule has 1 saturated heterocycles. The third-order valence-corrected chi connectivity index (χ3v) is 6.90. The van der Waals surface area contributed by atoms with Gasteiger partial charge in [0.1, 0.15) is 11.6 Å². The molecule has 1 aromatic heterocycles. The van der Waals surface area contributed by atoms with Crippen molar-refractivity contribution in [3.8, 4) is 11.4 Å². The van der Waals surface area contributed by atoms with Gasteiger partial charge in [0.25, 0.3) is 5.91 Å². The Hall–Kier alpha value is -3.77. The standard InChI is InChI=1S/C30H28ClFN4O/c1-2-27-26(20-21-7-6-10-24(31)19-21)29(34-28(33-27)22-8-4-3-5-9-22)35-15-17-36(18-16-35)30(37)23-11-13-25(32)14-12-23/h3-14,19H,2,15-18,20H2,1H3. The van der Waals surface area contributed by atoms with Crippen LogP contribution >= 0.6 is 11.6 Å². The second kappa shape index (κ2) is 11.1. The van der Waals surface area contributed by atoms with E-state index >= 15 is 0 Å². The Morgan fingerprint density at radius 3 is 2.32 bits per heavy atom. The van der Waals surface area contributed by atoms with Crippen LogP contribution < -0.4 is 4.90 Å². The molecule has 3 aromatic carbocycles. The van der Waals surface area contributed by atoms with Gasteiger partial charge < -0.3 is 9.80 Å². The zero-order valence-electron chi connectivity index (χ0n) is 20.7. The van der Waals surface area contributed by atoms with Gasteiger partial charge in [-0.05, 0) is 48.4 Å². The molecule has 0 spiro atoms. The van der Waals surface area contributed by atoms with Gasteiger partial charge >= 0.3 is 0 Å². The van der Waals surface area contributed by atoms with Crippen LogP contribution in [0.5, 0.6) is 0 Å². The van der Waals surface area contributed by atoms with Crippen molar-refractivity contribution in [2.24, 2.45) is 0 Å². The van der Waals surface area contributed by atoms with Crippen molar-refractivity contribution < 1.29 is 9.18 Å². The Balaban J connectivity index is 1.46.